The molecule has 5 heteroatoms. The number of hydrogen-bond donors (Lipinski definition) is 3. The maximum Gasteiger partial charge on any atom is 0.170 e. The number of hydrogen-bond acceptors (Lipinski definition) is 4. The van der Waals surface area contributed by atoms with Crippen LogP contribution in [-0.2, 0) is 6.54 Å². The molecule has 5 nitrogen and oxygen atoms in total. The maximum atomic E-state index is 8.69. The van der Waals surface area contributed by atoms with E-state index in [0.717, 1.165) is 23.4 Å². The van der Waals surface area contributed by atoms with Crippen LogP contribution >= 0.6 is 0 Å². The van der Waals surface area contributed by atoms with Crippen LogP contribution < -0.4 is 11.1 Å². The summed E-state index contributed by atoms with van der Waals surface area (Å²) in [5.74, 6) is 0.125. The first-order valence-corrected chi connectivity index (χ1v) is 6.83. The number of oxime groups is 1. The standard InChI is InChI=1S/C16H20N4O/c1-11-9-13(16(17)20-21)6-7-14(11)10-19-12(2)15-5-3-4-8-18-15/h3-9,12,19,21H,10H2,1-2H3,(H2,17,20)/t12-/m0/s1. The van der Waals surface area contributed by atoms with Gasteiger partial charge in [0.1, 0.15) is 0 Å². The zero-order valence-corrected chi connectivity index (χ0v) is 12.2. The number of nitrogens with two attached hydrogens (primary N) is 1. The molecular weight excluding hydrogens is 264 g/mol. The maximum absolute atomic E-state index is 8.69. The average Bonchev–Trinajstić information content (AvgIpc) is 2.53. The molecule has 0 radical (unpaired) electrons. The predicted molar refractivity (Wildman–Crippen MR) is 83.2 cm³/mol. The van der Waals surface area contributed by atoms with Gasteiger partial charge in [0, 0.05) is 24.3 Å². The fraction of sp³-hybridized carbons (Fsp3) is 0.250. The summed E-state index contributed by atoms with van der Waals surface area (Å²) < 4.78 is 0. The quantitative estimate of drug-likeness (QED) is 0.340. The minimum Gasteiger partial charge on any atom is -0.409 e. The fourth-order valence-electron chi connectivity index (χ4n) is 2.11. The molecule has 2 rings (SSSR count). The van der Waals surface area contributed by atoms with E-state index in [2.05, 4.69) is 22.4 Å². The molecule has 1 atom stereocenters. The lowest BCUT2D eigenvalue weighted by Gasteiger charge is -2.15. The van der Waals surface area contributed by atoms with E-state index in [-0.39, 0.29) is 11.9 Å². The molecule has 0 unspecified atom stereocenters. The van der Waals surface area contributed by atoms with E-state index in [0.29, 0.717) is 0 Å². The Morgan fingerprint density at radius 2 is 2.19 bits per heavy atom. The molecule has 0 saturated carbocycles. The van der Waals surface area contributed by atoms with Crippen LogP contribution in [0.4, 0.5) is 0 Å². The van der Waals surface area contributed by atoms with Crippen LogP contribution in [0.1, 0.15) is 35.3 Å². The van der Waals surface area contributed by atoms with Crippen LogP contribution in [0.15, 0.2) is 47.8 Å². The molecule has 2 aromatic rings. The number of benzene rings is 1. The third-order valence-corrected chi connectivity index (χ3v) is 3.48. The number of amidine groups is 1. The fourth-order valence-corrected chi connectivity index (χ4v) is 2.11. The van der Waals surface area contributed by atoms with E-state index >= 15 is 0 Å². The SMILES string of the molecule is Cc1cc(/C(N)=N/O)ccc1CN[C@@H](C)c1ccccn1. The van der Waals surface area contributed by atoms with Crippen LogP contribution in [0.3, 0.4) is 0 Å². The minimum atomic E-state index is 0.125. The van der Waals surface area contributed by atoms with Crippen molar-refractivity contribution in [1.29, 1.82) is 0 Å². The smallest absolute Gasteiger partial charge is 0.170 e. The topological polar surface area (TPSA) is 83.5 Å². The summed E-state index contributed by atoms with van der Waals surface area (Å²) in [6.07, 6.45) is 1.80. The van der Waals surface area contributed by atoms with Gasteiger partial charge in [0.25, 0.3) is 0 Å². The normalized spacial score (nSPS) is 13.1. The summed E-state index contributed by atoms with van der Waals surface area (Å²) in [6, 6.07) is 11.8. The molecule has 1 heterocycles. The molecule has 0 spiro atoms. The highest BCUT2D eigenvalue weighted by Crippen LogP contribution is 2.14. The molecule has 0 aliphatic heterocycles. The van der Waals surface area contributed by atoms with Crippen LogP contribution in [0.5, 0.6) is 0 Å². The first-order valence-electron chi connectivity index (χ1n) is 6.83. The highest BCUT2D eigenvalue weighted by molar-refractivity contribution is 5.97. The zero-order chi connectivity index (χ0) is 15.2. The van der Waals surface area contributed by atoms with E-state index < -0.39 is 0 Å². The van der Waals surface area contributed by atoms with Gasteiger partial charge >= 0.3 is 0 Å². The van der Waals surface area contributed by atoms with Crippen molar-refractivity contribution in [3.8, 4) is 0 Å². The van der Waals surface area contributed by atoms with Gasteiger partial charge in [-0.3, -0.25) is 4.98 Å². The highest BCUT2D eigenvalue weighted by Gasteiger charge is 2.08. The van der Waals surface area contributed by atoms with Gasteiger partial charge in [0.2, 0.25) is 0 Å². The molecule has 0 saturated heterocycles. The third-order valence-electron chi connectivity index (χ3n) is 3.48. The molecule has 0 amide bonds. The highest BCUT2D eigenvalue weighted by atomic mass is 16.4. The van der Waals surface area contributed by atoms with Gasteiger partial charge in [-0.2, -0.15) is 0 Å². The predicted octanol–water partition coefficient (Wildman–Crippen LogP) is 2.34. The van der Waals surface area contributed by atoms with Gasteiger partial charge in [-0.25, -0.2) is 0 Å². The minimum absolute atomic E-state index is 0.125. The second kappa shape index (κ2) is 6.85. The van der Waals surface area contributed by atoms with Crippen molar-refractivity contribution in [3.05, 3.63) is 65.0 Å². The summed E-state index contributed by atoms with van der Waals surface area (Å²) in [5.41, 5.74) is 9.59. The van der Waals surface area contributed by atoms with Crippen molar-refractivity contribution < 1.29 is 5.21 Å². The number of aryl methyl sites for hydroxylation is 1. The zero-order valence-electron chi connectivity index (χ0n) is 12.2. The summed E-state index contributed by atoms with van der Waals surface area (Å²) in [4.78, 5) is 4.34. The lowest BCUT2D eigenvalue weighted by molar-refractivity contribution is 0.318. The summed E-state index contributed by atoms with van der Waals surface area (Å²) in [7, 11) is 0. The van der Waals surface area contributed by atoms with Crippen LogP contribution in [-0.4, -0.2) is 16.0 Å². The Bertz CT molecular complexity index is 625. The molecule has 0 aliphatic rings. The van der Waals surface area contributed by atoms with E-state index in [9.17, 15) is 0 Å². The molecular formula is C16H20N4O. The largest absolute Gasteiger partial charge is 0.409 e. The molecule has 1 aromatic heterocycles. The molecule has 4 N–H and O–H groups in total. The Balaban J connectivity index is 2.04. The van der Waals surface area contributed by atoms with Crippen LogP contribution in [0.2, 0.25) is 0 Å². The Hall–Kier alpha value is -2.40. The van der Waals surface area contributed by atoms with Gasteiger partial charge in [-0.1, -0.05) is 23.4 Å². The molecule has 1 aromatic carbocycles. The lowest BCUT2D eigenvalue weighted by atomic mass is 10.0. The van der Waals surface area contributed by atoms with E-state index in [1.54, 1.807) is 6.20 Å². The lowest BCUT2D eigenvalue weighted by Crippen LogP contribution is -2.20. The number of aromatic nitrogens is 1. The Kier molecular flexibility index (Phi) is 4.90. The number of rotatable bonds is 5. The van der Waals surface area contributed by atoms with Gasteiger partial charge in [0.15, 0.2) is 5.84 Å². The number of nitrogens with one attached hydrogen (secondary N) is 1. The van der Waals surface area contributed by atoms with Gasteiger partial charge in [0.05, 0.1) is 5.69 Å². The van der Waals surface area contributed by atoms with Crippen LogP contribution in [0.25, 0.3) is 0 Å². The molecule has 21 heavy (non-hydrogen) atoms. The summed E-state index contributed by atoms with van der Waals surface area (Å²) in [5, 5.41) is 15.2. The summed E-state index contributed by atoms with van der Waals surface area (Å²) >= 11 is 0. The van der Waals surface area contributed by atoms with Crippen molar-refractivity contribution in [3.63, 3.8) is 0 Å². The second-order valence-corrected chi connectivity index (χ2v) is 4.98. The molecule has 110 valence electrons. The van der Waals surface area contributed by atoms with Gasteiger partial charge in [-0.05, 0) is 43.2 Å². The molecule has 0 aliphatic carbocycles. The second-order valence-electron chi connectivity index (χ2n) is 4.98. The van der Waals surface area contributed by atoms with Crippen molar-refractivity contribution in [2.75, 3.05) is 0 Å². The Morgan fingerprint density at radius 1 is 1.38 bits per heavy atom. The average molecular weight is 284 g/mol. The van der Waals surface area contributed by atoms with Crippen molar-refractivity contribution in [1.82, 2.24) is 10.3 Å². The molecule has 0 fully saturated rings. The van der Waals surface area contributed by atoms with E-state index in [1.807, 2.05) is 43.3 Å². The Labute approximate surface area is 124 Å². The van der Waals surface area contributed by atoms with Gasteiger partial charge < -0.3 is 16.3 Å². The first-order chi connectivity index (χ1) is 10.1. The molecule has 0 bridgehead atoms. The van der Waals surface area contributed by atoms with Gasteiger partial charge in [-0.15, -0.1) is 0 Å². The van der Waals surface area contributed by atoms with E-state index in [1.165, 1.54) is 5.56 Å². The van der Waals surface area contributed by atoms with Crippen molar-refractivity contribution in [2.45, 2.75) is 26.4 Å². The van der Waals surface area contributed by atoms with Crippen LogP contribution in [0, 0.1) is 6.92 Å². The van der Waals surface area contributed by atoms with Crippen molar-refractivity contribution in [2.24, 2.45) is 10.9 Å². The first kappa shape index (κ1) is 15.0. The van der Waals surface area contributed by atoms with Crippen molar-refractivity contribution >= 4 is 5.84 Å². The Morgan fingerprint density at radius 3 is 2.81 bits per heavy atom. The number of pyridine rings is 1. The summed E-state index contributed by atoms with van der Waals surface area (Å²) in [6.45, 7) is 4.83. The third kappa shape index (κ3) is 3.79. The van der Waals surface area contributed by atoms with E-state index in [4.69, 9.17) is 10.9 Å². The number of nitrogens with zero attached hydrogens (tertiary/aromatic N) is 2. The monoisotopic (exact) mass is 284 g/mol.